The van der Waals surface area contributed by atoms with Crippen LogP contribution in [-0.4, -0.2) is 15.9 Å². The molecule has 0 saturated heterocycles. The van der Waals surface area contributed by atoms with Crippen LogP contribution >= 0.6 is 0 Å². The Hall–Kier alpha value is -4.06. The Bertz CT molecular complexity index is 1210. The van der Waals surface area contributed by atoms with Gasteiger partial charge in [0, 0.05) is 23.5 Å². The molecule has 0 aliphatic carbocycles. The number of carbonyl (C=O) groups excluding carboxylic acids is 1. The Labute approximate surface area is 185 Å². The number of hydrogen-bond donors (Lipinski definition) is 1. The van der Waals surface area contributed by atoms with Crippen molar-refractivity contribution >= 4 is 5.91 Å². The fraction of sp³-hybridized carbons (Fsp3) is 0.115. The molecule has 1 atom stereocenters. The zero-order chi connectivity index (χ0) is 22.5. The van der Waals surface area contributed by atoms with Crippen LogP contribution in [0.4, 0.5) is 4.39 Å². The molecule has 0 saturated carbocycles. The molecule has 1 heterocycles. The number of aromatic nitrogens is 2. The van der Waals surface area contributed by atoms with Gasteiger partial charge in [0.25, 0.3) is 5.91 Å². The van der Waals surface area contributed by atoms with Crippen molar-refractivity contribution in [1.29, 1.82) is 0 Å². The van der Waals surface area contributed by atoms with Crippen molar-refractivity contribution in [2.75, 3.05) is 0 Å². The summed E-state index contributed by atoms with van der Waals surface area (Å²) in [6.45, 7) is 3.99. The summed E-state index contributed by atoms with van der Waals surface area (Å²) in [6.07, 6.45) is 3.25. The van der Waals surface area contributed by atoms with Gasteiger partial charge < -0.3 is 10.1 Å². The molecule has 1 amide bonds. The molecule has 1 aromatic heterocycles. The van der Waals surface area contributed by atoms with Crippen molar-refractivity contribution < 1.29 is 13.9 Å². The lowest BCUT2D eigenvalue weighted by molar-refractivity contribution is 0.0940. The van der Waals surface area contributed by atoms with Gasteiger partial charge in [-0.05, 0) is 61.4 Å². The average molecular weight is 427 g/mol. The van der Waals surface area contributed by atoms with Crippen LogP contribution in [0.2, 0.25) is 0 Å². The summed E-state index contributed by atoms with van der Waals surface area (Å²) in [5.41, 5.74) is 4.33. The summed E-state index contributed by atoms with van der Waals surface area (Å²) in [5.74, 6) is -0.0524. The highest BCUT2D eigenvalue weighted by Crippen LogP contribution is 2.23. The highest BCUT2D eigenvalue weighted by atomic mass is 19.1. The van der Waals surface area contributed by atoms with Crippen molar-refractivity contribution in [2.45, 2.75) is 19.9 Å². The first kappa shape index (κ1) is 21.2. The maximum absolute atomic E-state index is 13.0. The minimum atomic E-state index is -0.342. The summed E-state index contributed by atoms with van der Waals surface area (Å²) in [7, 11) is 0. The minimum Gasteiger partial charge on any atom is -0.424 e. The lowest BCUT2D eigenvalue weighted by Crippen LogP contribution is -2.26. The summed E-state index contributed by atoms with van der Waals surface area (Å²) in [6, 6.07) is 21.0. The number of benzene rings is 3. The largest absolute Gasteiger partial charge is 0.424 e. The molecule has 4 aromatic rings. The van der Waals surface area contributed by atoms with Crippen LogP contribution in [0, 0.1) is 12.7 Å². The number of ether oxygens (including phenoxy) is 1. The van der Waals surface area contributed by atoms with Crippen LogP contribution in [0.5, 0.6) is 11.8 Å². The molecule has 0 spiro atoms. The van der Waals surface area contributed by atoms with Crippen molar-refractivity contribution in [3.63, 3.8) is 0 Å². The number of hydrogen-bond acceptors (Lipinski definition) is 4. The van der Waals surface area contributed by atoms with Gasteiger partial charge in [0.1, 0.15) is 11.6 Å². The quantitative estimate of drug-likeness (QED) is 0.418. The van der Waals surface area contributed by atoms with E-state index in [1.807, 2.05) is 50.2 Å². The molecule has 6 heteroatoms. The number of aryl methyl sites for hydroxylation is 1. The standard InChI is InChI=1S/C26H22FN3O2/c1-17-6-8-19(9-7-17)18(2)30-25(31)21-5-3-4-20(14-21)22-15-28-26(29-16-22)32-24-12-10-23(27)11-13-24/h3-16,18H,1-2H3,(H,30,31)/t18-/m1/s1. The molecular weight excluding hydrogens is 405 g/mol. The molecule has 0 aliphatic heterocycles. The van der Waals surface area contributed by atoms with Crippen molar-refractivity contribution in [3.8, 4) is 22.9 Å². The molecule has 4 rings (SSSR count). The molecule has 0 bridgehead atoms. The monoisotopic (exact) mass is 427 g/mol. The van der Waals surface area contributed by atoms with Crippen molar-refractivity contribution in [2.24, 2.45) is 0 Å². The molecule has 0 unspecified atom stereocenters. The Balaban J connectivity index is 1.45. The second kappa shape index (κ2) is 9.39. The number of nitrogens with zero attached hydrogens (tertiary/aromatic N) is 2. The van der Waals surface area contributed by atoms with Gasteiger partial charge in [-0.15, -0.1) is 0 Å². The molecule has 1 N–H and O–H groups in total. The van der Waals surface area contributed by atoms with Crippen LogP contribution < -0.4 is 10.1 Å². The van der Waals surface area contributed by atoms with E-state index in [9.17, 15) is 9.18 Å². The highest BCUT2D eigenvalue weighted by molar-refractivity contribution is 5.95. The van der Waals surface area contributed by atoms with Crippen molar-refractivity contribution in [1.82, 2.24) is 15.3 Å². The van der Waals surface area contributed by atoms with Crippen LogP contribution in [-0.2, 0) is 0 Å². The average Bonchev–Trinajstić information content (AvgIpc) is 2.81. The van der Waals surface area contributed by atoms with Crippen LogP contribution in [0.1, 0.15) is 34.5 Å². The van der Waals surface area contributed by atoms with Crippen LogP contribution in [0.25, 0.3) is 11.1 Å². The third-order valence-corrected chi connectivity index (χ3v) is 5.03. The summed E-state index contributed by atoms with van der Waals surface area (Å²) in [5, 5.41) is 3.03. The van der Waals surface area contributed by atoms with E-state index in [-0.39, 0.29) is 23.8 Å². The minimum absolute atomic E-state index is 0.113. The van der Waals surface area contributed by atoms with Gasteiger partial charge >= 0.3 is 6.01 Å². The molecule has 32 heavy (non-hydrogen) atoms. The maximum atomic E-state index is 13.0. The molecule has 0 aliphatic rings. The van der Waals surface area contributed by atoms with Gasteiger partial charge in [0.05, 0.1) is 6.04 Å². The fourth-order valence-electron chi connectivity index (χ4n) is 3.18. The van der Waals surface area contributed by atoms with Crippen molar-refractivity contribution in [3.05, 3.63) is 108 Å². The second-order valence-corrected chi connectivity index (χ2v) is 7.50. The first-order chi connectivity index (χ1) is 15.5. The highest BCUT2D eigenvalue weighted by Gasteiger charge is 2.13. The van der Waals surface area contributed by atoms with Crippen LogP contribution in [0.3, 0.4) is 0 Å². The molecule has 3 aromatic carbocycles. The van der Waals surface area contributed by atoms with Gasteiger partial charge in [-0.2, -0.15) is 0 Å². The van der Waals surface area contributed by atoms with E-state index in [1.54, 1.807) is 24.5 Å². The normalized spacial score (nSPS) is 11.6. The molecule has 0 radical (unpaired) electrons. The van der Waals surface area contributed by atoms with E-state index < -0.39 is 0 Å². The van der Waals surface area contributed by atoms with E-state index in [4.69, 9.17) is 4.74 Å². The van der Waals surface area contributed by atoms with Gasteiger partial charge in [0.2, 0.25) is 0 Å². The Morgan fingerprint density at radius 2 is 1.62 bits per heavy atom. The predicted octanol–water partition coefficient (Wildman–Crippen LogP) is 5.87. The zero-order valence-corrected chi connectivity index (χ0v) is 17.7. The number of carbonyl (C=O) groups is 1. The zero-order valence-electron chi connectivity index (χ0n) is 17.7. The molecule has 0 fully saturated rings. The topological polar surface area (TPSA) is 64.1 Å². The van der Waals surface area contributed by atoms with E-state index in [0.29, 0.717) is 11.3 Å². The SMILES string of the molecule is Cc1ccc([C@@H](C)NC(=O)c2cccc(-c3cnc(Oc4ccc(F)cc4)nc3)c2)cc1. The smallest absolute Gasteiger partial charge is 0.321 e. The maximum Gasteiger partial charge on any atom is 0.321 e. The summed E-state index contributed by atoms with van der Waals surface area (Å²) >= 11 is 0. The number of rotatable bonds is 6. The summed E-state index contributed by atoms with van der Waals surface area (Å²) < 4.78 is 18.5. The second-order valence-electron chi connectivity index (χ2n) is 7.50. The van der Waals surface area contributed by atoms with E-state index >= 15 is 0 Å². The first-order valence-electron chi connectivity index (χ1n) is 10.2. The Morgan fingerprint density at radius 1 is 0.938 bits per heavy atom. The third-order valence-electron chi connectivity index (χ3n) is 5.03. The first-order valence-corrected chi connectivity index (χ1v) is 10.2. The lowest BCUT2D eigenvalue weighted by atomic mass is 10.0. The Morgan fingerprint density at radius 3 is 2.31 bits per heavy atom. The van der Waals surface area contributed by atoms with Crippen LogP contribution in [0.15, 0.2) is 85.2 Å². The number of amides is 1. The fourth-order valence-corrected chi connectivity index (χ4v) is 3.18. The lowest BCUT2D eigenvalue weighted by Gasteiger charge is -2.15. The van der Waals surface area contributed by atoms with Gasteiger partial charge in [-0.25, -0.2) is 14.4 Å². The summed E-state index contributed by atoms with van der Waals surface area (Å²) in [4.78, 5) is 21.2. The van der Waals surface area contributed by atoms with Gasteiger partial charge in [-0.3, -0.25) is 4.79 Å². The van der Waals surface area contributed by atoms with Gasteiger partial charge in [-0.1, -0.05) is 42.0 Å². The predicted molar refractivity (Wildman–Crippen MR) is 121 cm³/mol. The molecular formula is C26H22FN3O2. The van der Waals surface area contributed by atoms with E-state index in [0.717, 1.165) is 16.7 Å². The number of halogens is 1. The number of nitrogens with one attached hydrogen (secondary N) is 1. The van der Waals surface area contributed by atoms with E-state index in [1.165, 1.54) is 29.8 Å². The molecule has 5 nitrogen and oxygen atoms in total. The Kier molecular flexibility index (Phi) is 6.22. The third kappa shape index (κ3) is 5.16. The van der Waals surface area contributed by atoms with Gasteiger partial charge in [0.15, 0.2) is 0 Å². The van der Waals surface area contributed by atoms with E-state index in [2.05, 4.69) is 15.3 Å². The molecule has 160 valence electrons.